The van der Waals surface area contributed by atoms with E-state index in [0.717, 1.165) is 29.0 Å². The number of hydrogen-bond acceptors (Lipinski definition) is 4. The Morgan fingerprint density at radius 3 is 2.77 bits per heavy atom. The largest absolute Gasteiger partial charge is 0.496 e. The fraction of sp³-hybridized carbons (Fsp3) is 0.353. The molecule has 22 heavy (non-hydrogen) atoms. The molecule has 116 valence electrons. The normalized spacial score (nSPS) is 16.8. The lowest BCUT2D eigenvalue weighted by atomic mass is 9.94. The first kappa shape index (κ1) is 15.1. The predicted molar refractivity (Wildman–Crippen MR) is 86.2 cm³/mol. The van der Waals surface area contributed by atoms with Gasteiger partial charge in [0.1, 0.15) is 11.9 Å². The summed E-state index contributed by atoms with van der Waals surface area (Å²) in [6.07, 6.45) is 0.972. The second-order valence-corrected chi connectivity index (χ2v) is 6.50. The Morgan fingerprint density at radius 2 is 2.14 bits per heavy atom. The minimum absolute atomic E-state index is 0.0346. The highest BCUT2D eigenvalue weighted by molar-refractivity contribution is 7.10. The average molecular weight is 317 g/mol. The van der Waals surface area contributed by atoms with Crippen molar-refractivity contribution in [3.05, 3.63) is 52.2 Å². The molecule has 1 saturated carbocycles. The first-order valence-corrected chi connectivity index (χ1v) is 8.18. The number of amides is 1. The molecule has 1 aromatic carbocycles. The van der Waals surface area contributed by atoms with Gasteiger partial charge >= 0.3 is 0 Å². The van der Waals surface area contributed by atoms with Crippen LogP contribution in [0.3, 0.4) is 0 Å². The molecule has 1 heterocycles. The summed E-state index contributed by atoms with van der Waals surface area (Å²) in [5, 5.41) is 14.9. The number of nitrogens with one attached hydrogen (secondary N) is 1. The quantitative estimate of drug-likeness (QED) is 0.861. The van der Waals surface area contributed by atoms with Gasteiger partial charge in [-0.05, 0) is 30.4 Å². The maximum absolute atomic E-state index is 12.6. The van der Waals surface area contributed by atoms with Crippen LogP contribution in [0.4, 0.5) is 0 Å². The third-order valence-electron chi connectivity index (χ3n) is 4.13. The van der Waals surface area contributed by atoms with Crippen molar-refractivity contribution in [3.63, 3.8) is 0 Å². The van der Waals surface area contributed by atoms with Crippen LogP contribution in [0.25, 0.3) is 0 Å². The lowest BCUT2D eigenvalue weighted by molar-refractivity contribution is -0.124. The van der Waals surface area contributed by atoms with Gasteiger partial charge in [0, 0.05) is 17.0 Å². The third kappa shape index (κ3) is 2.74. The van der Waals surface area contributed by atoms with Crippen molar-refractivity contribution in [1.82, 2.24) is 5.32 Å². The smallest absolute Gasteiger partial charge is 0.230 e. The molecule has 1 amide bonds. The molecular weight excluding hydrogens is 298 g/mol. The molecule has 1 aliphatic carbocycles. The zero-order valence-corrected chi connectivity index (χ0v) is 13.2. The van der Waals surface area contributed by atoms with Gasteiger partial charge in [0.2, 0.25) is 5.91 Å². The van der Waals surface area contributed by atoms with E-state index >= 15 is 0 Å². The van der Waals surface area contributed by atoms with Crippen molar-refractivity contribution in [2.45, 2.75) is 24.4 Å². The van der Waals surface area contributed by atoms with Crippen LogP contribution in [0.2, 0.25) is 0 Å². The maximum atomic E-state index is 12.6. The SMILES string of the molecule is COc1ccccc1C1(C(=O)NCC(O)c2cccs2)CC1. The van der Waals surface area contributed by atoms with Gasteiger partial charge in [0.15, 0.2) is 0 Å². The van der Waals surface area contributed by atoms with Crippen molar-refractivity contribution in [2.75, 3.05) is 13.7 Å². The standard InChI is InChI=1S/C17H19NO3S/c1-21-14-6-3-2-5-12(14)17(8-9-17)16(20)18-11-13(19)15-7-4-10-22-15/h2-7,10,13,19H,8-9,11H2,1H3,(H,18,20). The highest BCUT2D eigenvalue weighted by atomic mass is 32.1. The number of ether oxygens (including phenoxy) is 1. The molecule has 1 aliphatic rings. The highest BCUT2D eigenvalue weighted by Gasteiger charge is 2.52. The van der Waals surface area contributed by atoms with Crippen molar-refractivity contribution in [1.29, 1.82) is 0 Å². The van der Waals surface area contributed by atoms with Crippen LogP contribution in [0.15, 0.2) is 41.8 Å². The fourth-order valence-corrected chi connectivity index (χ4v) is 3.44. The molecular formula is C17H19NO3S. The molecule has 0 saturated heterocycles. The van der Waals surface area contributed by atoms with E-state index in [0.29, 0.717) is 0 Å². The third-order valence-corrected chi connectivity index (χ3v) is 5.11. The van der Waals surface area contributed by atoms with Crippen molar-refractivity contribution in [2.24, 2.45) is 0 Å². The Balaban J connectivity index is 1.69. The Hall–Kier alpha value is -1.85. The number of carbonyl (C=O) groups is 1. The number of benzene rings is 1. The summed E-state index contributed by atoms with van der Waals surface area (Å²) in [6, 6.07) is 11.4. The summed E-state index contributed by atoms with van der Waals surface area (Å²) >= 11 is 1.49. The number of rotatable bonds is 6. The Kier molecular flexibility index (Phi) is 4.18. The molecule has 1 unspecified atom stereocenters. The number of aliphatic hydroxyl groups is 1. The predicted octanol–water partition coefficient (Wildman–Crippen LogP) is 2.64. The van der Waals surface area contributed by atoms with E-state index in [1.807, 2.05) is 41.8 Å². The van der Waals surface area contributed by atoms with Gasteiger partial charge < -0.3 is 15.2 Å². The second-order valence-electron chi connectivity index (χ2n) is 5.52. The second kappa shape index (κ2) is 6.10. The lowest BCUT2D eigenvalue weighted by Gasteiger charge is -2.19. The number of aliphatic hydroxyl groups excluding tert-OH is 1. The van der Waals surface area contributed by atoms with Gasteiger partial charge in [0.25, 0.3) is 0 Å². The number of methoxy groups -OCH3 is 1. The summed E-state index contributed by atoms with van der Waals surface area (Å²) in [5.41, 5.74) is 0.433. The van der Waals surface area contributed by atoms with Gasteiger partial charge in [-0.3, -0.25) is 4.79 Å². The van der Waals surface area contributed by atoms with Gasteiger partial charge in [0.05, 0.1) is 12.5 Å². The highest BCUT2D eigenvalue weighted by Crippen LogP contribution is 2.51. The zero-order valence-electron chi connectivity index (χ0n) is 12.4. The monoisotopic (exact) mass is 317 g/mol. The summed E-state index contributed by atoms with van der Waals surface area (Å²) in [7, 11) is 1.62. The van der Waals surface area contributed by atoms with Crippen LogP contribution in [0.5, 0.6) is 5.75 Å². The van der Waals surface area contributed by atoms with Crippen LogP contribution in [0.1, 0.15) is 29.4 Å². The summed E-state index contributed by atoms with van der Waals surface area (Å²) in [5.74, 6) is 0.710. The molecule has 1 fully saturated rings. The number of hydrogen-bond donors (Lipinski definition) is 2. The lowest BCUT2D eigenvalue weighted by Crippen LogP contribution is -2.37. The van der Waals surface area contributed by atoms with Crippen molar-refractivity contribution in [3.8, 4) is 5.75 Å². The molecule has 4 nitrogen and oxygen atoms in total. The Morgan fingerprint density at radius 1 is 1.36 bits per heavy atom. The molecule has 2 aromatic rings. The van der Waals surface area contributed by atoms with E-state index < -0.39 is 11.5 Å². The minimum atomic E-state index is -0.655. The van der Waals surface area contributed by atoms with Crippen LogP contribution in [-0.4, -0.2) is 24.7 Å². The van der Waals surface area contributed by atoms with E-state index in [1.165, 1.54) is 11.3 Å². The molecule has 2 N–H and O–H groups in total. The van der Waals surface area contributed by atoms with Crippen molar-refractivity contribution >= 4 is 17.2 Å². The average Bonchev–Trinajstić information content (AvgIpc) is 3.18. The van der Waals surface area contributed by atoms with Crippen LogP contribution >= 0.6 is 11.3 Å². The van der Waals surface area contributed by atoms with Crippen LogP contribution in [-0.2, 0) is 10.2 Å². The van der Waals surface area contributed by atoms with E-state index in [-0.39, 0.29) is 12.5 Å². The maximum Gasteiger partial charge on any atom is 0.230 e. The van der Waals surface area contributed by atoms with E-state index in [1.54, 1.807) is 7.11 Å². The van der Waals surface area contributed by atoms with E-state index in [4.69, 9.17) is 4.74 Å². The molecule has 1 aromatic heterocycles. The molecule has 1 atom stereocenters. The number of thiophene rings is 1. The van der Waals surface area contributed by atoms with Gasteiger partial charge in [-0.15, -0.1) is 11.3 Å². The molecule has 0 spiro atoms. The molecule has 5 heteroatoms. The topological polar surface area (TPSA) is 58.6 Å². The van der Waals surface area contributed by atoms with Crippen molar-refractivity contribution < 1.29 is 14.6 Å². The molecule has 0 radical (unpaired) electrons. The van der Waals surface area contributed by atoms with Crippen LogP contribution in [0, 0.1) is 0 Å². The Bertz CT molecular complexity index is 650. The van der Waals surface area contributed by atoms with E-state index in [9.17, 15) is 9.90 Å². The number of carbonyl (C=O) groups excluding carboxylic acids is 1. The van der Waals surface area contributed by atoms with Gasteiger partial charge in [-0.2, -0.15) is 0 Å². The number of para-hydroxylation sites is 1. The molecule has 3 rings (SSSR count). The van der Waals surface area contributed by atoms with E-state index in [2.05, 4.69) is 5.32 Å². The van der Waals surface area contributed by atoms with Gasteiger partial charge in [-0.25, -0.2) is 0 Å². The summed E-state index contributed by atoms with van der Waals surface area (Å²) in [4.78, 5) is 13.5. The zero-order chi connectivity index (χ0) is 15.6. The summed E-state index contributed by atoms with van der Waals surface area (Å²) < 4.78 is 5.38. The van der Waals surface area contributed by atoms with Gasteiger partial charge in [-0.1, -0.05) is 24.3 Å². The molecule has 0 aliphatic heterocycles. The molecule has 0 bridgehead atoms. The first-order chi connectivity index (χ1) is 10.7. The fourth-order valence-electron chi connectivity index (χ4n) is 2.72. The Labute approximate surface area is 133 Å². The first-order valence-electron chi connectivity index (χ1n) is 7.30. The van der Waals surface area contributed by atoms with Crippen LogP contribution < -0.4 is 10.1 Å². The summed E-state index contributed by atoms with van der Waals surface area (Å²) in [6.45, 7) is 0.232. The minimum Gasteiger partial charge on any atom is -0.496 e.